The van der Waals surface area contributed by atoms with Crippen molar-refractivity contribution in [3.8, 4) is 11.4 Å². The summed E-state index contributed by atoms with van der Waals surface area (Å²) < 4.78 is 41.3. The molecule has 9 heteroatoms. The number of fused-ring (bicyclic) bond motifs is 1. The molecule has 0 spiro atoms. The van der Waals surface area contributed by atoms with Gasteiger partial charge in [0.2, 0.25) is 0 Å². The van der Waals surface area contributed by atoms with Gasteiger partial charge in [0.25, 0.3) is 0 Å². The summed E-state index contributed by atoms with van der Waals surface area (Å²) in [4.78, 5) is 10.6. The van der Waals surface area contributed by atoms with E-state index in [4.69, 9.17) is 0 Å². The Bertz CT molecular complexity index is 1200. The highest BCUT2D eigenvalue weighted by Crippen LogP contribution is 2.38. The van der Waals surface area contributed by atoms with E-state index in [1.54, 1.807) is 18.3 Å². The molecule has 4 aromatic rings. The van der Waals surface area contributed by atoms with Crippen molar-refractivity contribution in [3.63, 3.8) is 0 Å². The van der Waals surface area contributed by atoms with Gasteiger partial charge in [-0.1, -0.05) is 30.3 Å². The van der Waals surface area contributed by atoms with E-state index in [2.05, 4.69) is 25.5 Å². The molecule has 158 valence electrons. The molecule has 0 bridgehead atoms. The molecular weight excluding hydrogens is 405 g/mol. The number of nitrogens with zero attached hydrogens (tertiary/aromatic N) is 4. The minimum atomic E-state index is -4.55. The van der Waals surface area contributed by atoms with Gasteiger partial charge < -0.3 is 10.2 Å². The molecule has 3 aromatic heterocycles. The van der Waals surface area contributed by atoms with Gasteiger partial charge in [-0.15, -0.1) is 0 Å². The molecular formula is C22H19F3N6. The standard InChI is InChI=1S/C22H19F3N6/c23-22(24,25)16-8-9-18(28-20(16)19-15-7-4-10-27-21(15)30-29-19)31-12-11-26-17(13-31)14-5-2-1-3-6-14/h1-10,17,26H,11-13H2,(H,27,29,30)/t17-/m0/s1. The Labute approximate surface area is 176 Å². The lowest BCUT2D eigenvalue weighted by molar-refractivity contribution is -0.137. The zero-order chi connectivity index (χ0) is 21.4. The number of alkyl halides is 3. The number of nitrogens with one attached hydrogen (secondary N) is 2. The van der Waals surface area contributed by atoms with Crippen LogP contribution in [-0.4, -0.2) is 39.8 Å². The molecule has 0 unspecified atom stereocenters. The second-order valence-corrected chi connectivity index (χ2v) is 7.40. The molecule has 4 heterocycles. The van der Waals surface area contributed by atoms with Gasteiger partial charge in [-0.25, -0.2) is 9.97 Å². The average molecular weight is 424 g/mol. The van der Waals surface area contributed by atoms with Crippen LogP contribution in [-0.2, 0) is 6.18 Å². The molecule has 1 aliphatic heterocycles. The molecule has 1 aliphatic rings. The fourth-order valence-corrected chi connectivity index (χ4v) is 3.94. The first-order valence-electron chi connectivity index (χ1n) is 9.92. The predicted molar refractivity (Wildman–Crippen MR) is 112 cm³/mol. The molecule has 1 atom stereocenters. The number of piperazine rings is 1. The second kappa shape index (κ2) is 7.66. The molecule has 1 aromatic carbocycles. The predicted octanol–water partition coefficient (Wildman–Crippen LogP) is 4.19. The van der Waals surface area contributed by atoms with Crippen LogP contribution in [0.1, 0.15) is 17.2 Å². The zero-order valence-corrected chi connectivity index (χ0v) is 16.4. The lowest BCUT2D eigenvalue weighted by Crippen LogP contribution is -2.46. The van der Waals surface area contributed by atoms with Crippen LogP contribution in [0.15, 0.2) is 60.8 Å². The summed E-state index contributed by atoms with van der Waals surface area (Å²) in [5, 5.41) is 10.8. The highest BCUT2D eigenvalue weighted by Gasteiger charge is 2.36. The van der Waals surface area contributed by atoms with Gasteiger partial charge in [-0.3, -0.25) is 5.10 Å². The van der Waals surface area contributed by atoms with Gasteiger partial charge >= 0.3 is 6.18 Å². The summed E-state index contributed by atoms with van der Waals surface area (Å²) >= 11 is 0. The zero-order valence-electron chi connectivity index (χ0n) is 16.4. The monoisotopic (exact) mass is 424 g/mol. The Morgan fingerprint density at radius 2 is 1.81 bits per heavy atom. The van der Waals surface area contributed by atoms with Crippen LogP contribution in [0.4, 0.5) is 19.0 Å². The molecule has 0 amide bonds. The topological polar surface area (TPSA) is 69.7 Å². The number of anilines is 1. The third kappa shape index (κ3) is 3.72. The average Bonchev–Trinajstić information content (AvgIpc) is 3.23. The first-order valence-corrected chi connectivity index (χ1v) is 9.92. The maximum absolute atomic E-state index is 13.8. The largest absolute Gasteiger partial charge is 0.418 e. The van der Waals surface area contributed by atoms with Crippen LogP contribution in [0, 0.1) is 0 Å². The molecule has 1 saturated heterocycles. The van der Waals surface area contributed by atoms with Crippen LogP contribution in [0.2, 0.25) is 0 Å². The van der Waals surface area contributed by atoms with Crippen LogP contribution in [0.25, 0.3) is 22.4 Å². The Balaban J connectivity index is 1.56. The number of hydrogen-bond acceptors (Lipinski definition) is 5. The van der Waals surface area contributed by atoms with E-state index in [0.717, 1.165) is 11.6 Å². The van der Waals surface area contributed by atoms with Crippen molar-refractivity contribution in [1.82, 2.24) is 25.5 Å². The number of pyridine rings is 2. The summed E-state index contributed by atoms with van der Waals surface area (Å²) in [7, 11) is 0. The third-order valence-electron chi connectivity index (χ3n) is 5.45. The first-order chi connectivity index (χ1) is 15.0. The van der Waals surface area contributed by atoms with Gasteiger partial charge in [-0.2, -0.15) is 18.3 Å². The van der Waals surface area contributed by atoms with Crippen molar-refractivity contribution in [2.75, 3.05) is 24.5 Å². The molecule has 0 saturated carbocycles. The van der Waals surface area contributed by atoms with Crippen molar-refractivity contribution in [1.29, 1.82) is 0 Å². The minimum Gasteiger partial charge on any atom is -0.353 e. The SMILES string of the molecule is FC(F)(F)c1ccc(N2CCN[C@H](c3ccccc3)C2)nc1-c1n[nH]c2ncccc12. The number of benzene rings is 1. The Morgan fingerprint density at radius 3 is 2.61 bits per heavy atom. The molecule has 31 heavy (non-hydrogen) atoms. The number of aromatic nitrogens is 4. The normalized spacial score (nSPS) is 17.3. The van der Waals surface area contributed by atoms with Gasteiger partial charge in [0.15, 0.2) is 5.65 Å². The van der Waals surface area contributed by atoms with E-state index in [-0.39, 0.29) is 17.4 Å². The van der Waals surface area contributed by atoms with Gasteiger partial charge in [0.05, 0.1) is 5.56 Å². The van der Waals surface area contributed by atoms with Crippen LogP contribution < -0.4 is 10.2 Å². The molecule has 5 rings (SSSR count). The number of hydrogen-bond donors (Lipinski definition) is 2. The maximum atomic E-state index is 13.8. The lowest BCUT2D eigenvalue weighted by Gasteiger charge is -2.35. The summed E-state index contributed by atoms with van der Waals surface area (Å²) in [6.07, 6.45) is -2.99. The number of aromatic amines is 1. The van der Waals surface area contributed by atoms with Gasteiger partial charge in [0.1, 0.15) is 17.2 Å². The van der Waals surface area contributed by atoms with Gasteiger partial charge in [0, 0.05) is 37.3 Å². The smallest absolute Gasteiger partial charge is 0.353 e. The minimum absolute atomic E-state index is 0.0675. The Morgan fingerprint density at radius 1 is 0.968 bits per heavy atom. The fraction of sp³-hybridized carbons (Fsp3) is 0.227. The van der Waals surface area contributed by atoms with Crippen molar-refractivity contribution in [3.05, 3.63) is 71.9 Å². The highest BCUT2D eigenvalue weighted by molar-refractivity contribution is 5.90. The first kappa shape index (κ1) is 19.5. The third-order valence-corrected chi connectivity index (χ3v) is 5.45. The van der Waals surface area contributed by atoms with Gasteiger partial charge in [-0.05, 0) is 29.8 Å². The van der Waals surface area contributed by atoms with E-state index >= 15 is 0 Å². The van der Waals surface area contributed by atoms with Crippen molar-refractivity contribution in [2.45, 2.75) is 12.2 Å². The molecule has 0 aliphatic carbocycles. The summed E-state index contributed by atoms with van der Waals surface area (Å²) in [6.45, 7) is 1.95. The van der Waals surface area contributed by atoms with Crippen molar-refractivity contribution >= 4 is 16.9 Å². The van der Waals surface area contributed by atoms with Crippen LogP contribution >= 0.6 is 0 Å². The quantitative estimate of drug-likeness (QED) is 0.516. The van der Waals surface area contributed by atoms with Crippen molar-refractivity contribution in [2.24, 2.45) is 0 Å². The van der Waals surface area contributed by atoms with E-state index in [1.807, 2.05) is 35.2 Å². The van der Waals surface area contributed by atoms with E-state index in [1.165, 1.54) is 6.07 Å². The number of rotatable bonds is 3. The maximum Gasteiger partial charge on any atom is 0.418 e. The number of H-pyrrole nitrogens is 1. The van der Waals surface area contributed by atoms with Crippen LogP contribution in [0.3, 0.4) is 0 Å². The summed E-state index contributed by atoms with van der Waals surface area (Å²) in [5.41, 5.74) is 0.683. The Kier molecular flexibility index (Phi) is 4.82. The van der Waals surface area contributed by atoms with Crippen molar-refractivity contribution < 1.29 is 13.2 Å². The lowest BCUT2D eigenvalue weighted by atomic mass is 10.0. The number of halogens is 3. The van der Waals surface area contributed by atoms with E-state index < -0.39 is 11.7 Å². The molecule has 6 nitrogen and oxygen atoms in total. The molecule has 2 N–H and O–H groups in total. The van der Waals surface area contributed by atoms with E-state index in [0.29, 0.717) is 36.5 Å². The molecule has 0 radical (unpaired) electrons. The highest BCUT2D eigenvalue weighted by atomic mass is 19.4. The van der Waals surface area contributed by atoms with E-state index in [9.17, 15) is 13.2 Å². The Hall–Kier alpha value is -3.46. The fourth-order valence-electron chi connectivity index (χ4n) is 3.94. The molecule has 1 fully saturated rings. The summed E-state index contributed by atoms with van der Waals surface area (Å²) in [5.74, 6) is 0.491. The summed E-state index contributed by atoms with van der Waals surface area (Å²) in [6, 6.07) is 15.9. The second-order valence-electron chi connectivity index (χ2n) is 7.40. The van der Waals surface area contributed by atoms with Crippen LogP contribution in [0.5, 0.6) is 0 Å².